The molecule has 0 aliphatic rings. The number of hydrogen-bond donors (Lipinski definition) is 3. The molecule has 0 radical (unpaired) electrons. The van der Waals surface area contributed by atoms with Gasteiger partial charge in [0, 0.05) is 25.5 Å². The van der Waals surface area contributed by atoms with Crippen molar-refractivity contribution in [2.45, 2.75) is 19.6 Å². The number of benzene rings is 1. The molecular weight excluding hydrogens is 295 g/mol. The maximum absolute atomic E-state index is 12.9. The average Bonchev–Trinajstić information content (AvgIpc) is 2.59. The highest BCUT2D eigenvalue weighted by Crippen LogP contribution is 2.09. The molecule has 1 atom stereocenters. The summed E-state index contributed by atoms with van der Waals surface area (Å²) in [6, 6.07) is 9.78. The van der Waals surface area contributed by atoms with Gasteiger partial charge in [0.2, 0.25) is 0 Å². The van der Waals surface area contributed by atoms with E-state index in [0.717, 1.165) is 11.1 Å². The quantitative estimate of drug-likeness (QED) is 0.563. The van der Waals surface area contributed by atoms with E-state index >= 15 is 0 Å². The van der Waals surface area contributed by atoms with E-state index in [0.29, 0.717) is 25.6 Å². The number of hydrogen-bond acceptors (Lipinski definition) is 3. The third-order valence-corrected chi connectivity index (χ3v) is 3.23. The van der Waals surface area contributed by atoms with Crippen LogP contribution in [-0.2, 0) is 6.54 Å². The van der Waals surface area contributed by atoms with Crippen LogP contribution in [0.15, 0.2) is 53.8 Å². The van der Waals surface area contributed by atoms with Crippen LogP contribution in [0.2, 0.25) is 0 Å². The first-order valence-electron chi connectivity index (χ1n) is 7.53. The second kappa shape index (κ2) is 8.85. The Morgan fingerprint density at radius 2 is 1.87 bits per heavy atom. The van der Waals surface area contributed by atoms with E-state index in [-0.39, 0.29) is 5.82 Å². The molecule has 3 N–H and O–H groups in total. The Balaban J connectivity index is 1.92. The fourth-order valence-electron chi connectivity index (χ4n) is 2.00. The van der Waals surface area contributed by atoms with Crippen LogP contribution in [0.4, 0.5) is 4.39 Å². The lowest BCUT2D eigenvalue weighted by Gasteiger charge is -2.15. The molecule has 1 aromatic carbocycles. The van der Waals surface area contributed by atoms with Crippen molar-refractivity contribution in [2.75, 3.05) is 13.1 Å². The van der Waals surface area contributed by atoms with Gasteiger partial charge in [-0.05, 0) is 42.3 Å². The number of pyridine rings is 1. The van der Waals surface area contributed by atoms with Gasteiger partial charge in [-0.1, -0.05) is 12.1 Å². The number of aliphatic hydroxyl groups is 1. The van der Waals surface area contributed by atoms with Crippen molar-refractivity contribution < 1.29 is 9.50 Å². The van der Waals surface area contributed by atoms with Crippen molar-refractivity contribution in [2.24, 2.45) is 4.99 Å². The van der Waals surface area contributed by atoms with E-state index in [4.69, 9.17) is 0 Å². The summed E-state index contributed by atoms with van der Waals surface area (Å²) in [5.74, 6) is 0.341. The predicted octanol–water partition coefficient (Wildman–Crippen LogP) is 2.01. The topological polar surface area (TPSA) is 69.5 Å². The van der Waals surface area contributed by atoms with Crippen LogP contribution >= 0.6 is 0 Å². The van der Waals surface area contributed by atoms with E-state index in [2.05, 4.69) is 20.6 Å². The number of aliphatic imine (C=N–C) groups is 1. The number of aliphatic hydroxyl groups excluding tert-OH is 1. The molecule has 2 rings (SSSR count). The highest BCUT2D eigenvalue weighted by Gasteiger charge is 2.07. The fourth-order valence-corrected chi connectivity index (χ4v) is 2.00. The minimum absolute atomic E-state index is 0.261. The Morgan fingerprint density at radius 1 is 1.17 bits per heavy atom. The molecule has 0 aliphatic heterocycles. The molecule has 5 nitrogen and oxygen atoms in total. The summed E-state index contributed by atoms with van der Waals surface area (Å²) in [6.45, 7) is 3.44. The van der Waals surface area contributed by atoms with Crippen molar-refractivity contribution in [3.05, 3.63) is 65.7 Å². The Labute approximate surface area is 135 Å². The second-order valence-corrected chi connectivity index (χ2v) is 5.00. The zero-order chi connectivity index (χ0) is 16.5. The second-order valence-electron chi connectivity index (χ2n) is 5.00. The van der Waals surface area contributed by atoms with Crippen LogP contribution in [0, 0.1) is 5.82 Å². The van der Waals surface area contributed by atoms with E-state index in [9.17, 15) is 9.50 Å². The van der Waals surface area contributed by atoms with Gasteiger partial charge < -0.3 is 15.7 Å². The molecule has 0 fully saturated rings. The van der Waals surface area contributed by atoms with Crippen molar-refractivity contribution in [3.8, 4) is 0 Å². The zero-order valence-corrected chi connectivity index (χ0v) is 13.0. The summed E-state index contributed by atoms with van der Waals surface area (Å²) in [5.41, 5.74) is 1.71. The average molecular weight is 316 g/mol. The highest BCUT2D eigenvalue weighted by molar-refractivity contribution is 5.79. The highest BCUT2D eigenvalue weighted by atomic mass is 19.1. The molecule has 0 saturated carbocycles. The maximum Gasteiger partial charge on any atom is 0.191 e. The monoisotopic (exact) mass is 316 g/mol. The molecule has 1 heterocycles. The summed E-state index contributed by atoms with van der Waals surface area (Å²) < 4.78 is 12.9. The normalized spacial score (nSPS) is 12.7. The Morgan fingerprint density at radius 3 is 2.52 bits per heavy atom. The van der Waals surface area contributed by atoms with Crippen molar-refractivity contribution in [3.63, 3.8) is 0 Å². The number of halogens is 1. The SMILES string of the molecule is CCNC(=NCc1ccc(F)cc1)NCC(O)c1ccncc1. The van der Waals surface area contributed by atoms with Gasteiger partial charge in [-0.25, -0.2) is 9.38 Å². The summed E-state index contributed by atoms with van der Waals surface area (Å²) in [6.07, 6.45) is 2.64. The summed E-state index contributed by atoms with van der Waals surface area (Å²) >= 11 is 0. The summed E-state index contributed by atoms with van der Waals surface area (Å²) in [7, 11) is 0. The molecule has 2 aromatic rings. The van der Waals surface area contributed by atoms with Crippen molar-refractivity contribution in [1.82, 2.24) is 15.6 Å². The minimum atomic E-state index is -0.646. The van der Waals surface area contributed by atoms with Crippen LogP contribution in [0.1, 0.15) is 24.2 Å². The lowest BCUT2D eigenvalue weighted by Crippen LogP contribution is -2.39. The van der Waals surface area contributed by atoms with Gasteiger partial charge >= 0.3 is 0 Å². The molecule has 23 heavy (non-hydrogen) atoms. The third-order valence-electron chi connectivity index (χ3n) is 3.23. The van der Waals surface area contributed by atoms with Gasteiger partial charge in [-0.3, -0.25) is 4.98 Å². The Hall–Kier alpha value is -2.47. The number of aromatic nitrogens is 1. The first-order chi connectivity index (χ1) is 11.2. The predicted molar refractivity (Wildman–Crippen MR) is 88.4 cm³/mol. The minimum Gasteiger partial charge on any atom is -0.387 e. The zero-order valence-electron chi connectivity index (χ0n) is 13.0. The molecule has 0 spiro atoms. The first kappa shape index (κ1) is 16.9. The standard InChI is InChI=1S/C17H21FN4O/c1-2-20-17(21-11-13-3-5-15(18)6-4-13)22-12-16(23)14-7-9-19-10-8-14/h3-10,16,23H,2,11-12H2,1H3,(H2,20,21,22). The van der Waals surface area contributed by atoms with Crippen LogP contribution < -0.4 is 10.6 Å². The van der Waals surface area contributed by atoms with Crippen LogP contribution in [0.3, 0.4) is 0 Å². The van der Waals surface area contributed by atoms with Crippen LogP contribution in [0.25, 0.3) is 0 Å². The van der Waals surface area contributed by atoms with Gasteiger partial charge in [-0.15, -0.1) is 0 Å². The lowest BCUT2D eigenvalue weighted by molar-refractivity contribution is 0.180. The fraction of sp³-hybridized carbons (Fsp3) is 0.294. The molecule has 0 bridgehead atoms. The van der Waals surface area contributed by atoms with Gasteiger partial charge in [0.25, 0.3) is 0 Å². The number of rotatable bonds is 6. The molecule has 0 aliphatic carbocycles. The van der Waals surface area contributed by atoms with Crippen LogP contribution in [0.5, 0.6) is 0 Å². The smallest absolute Gasteiger partial charge is 0.191 e. The lowest BCUT2D eigenvalue weighted by atomic mass is 10.1. The molecule has 1 unspecified atom stereocenters. The summed E-state index contributed by atoms with van der Waals surface area (Å²) in [4.78, 5) is 8.35. The molecule has 0 amide bonds. The molecular formula is C17H21FN4O. The van der Waals surface area contributed by atoms with Crippen molar-refractivity contribution in [1.29, 1.82) is 0 Å². The van der Waals surface area contributed by atoms with Gasteiger partial charge in [-0.2, -0.15) is 0 Å². The van der Waals surface area contributed by atoms with Crippen LogP contribution in [-0.4, -0.2) is 29.1 Å². The summed E-state index contributed by atoms with van der Waals surface area (Å²) in [5, 5.41) is 16.3. The van der Waals surface area contributed by atoms with E-state index in [1.807, 2.05) is 6.92 Å². The van der Waals surface area contributed by atoms with E-state index in [1.165, 1.54) is 12.1 Å². The number of nitrogens with zero attached hydrogens (tertiary/aromatic N) is 2. The third kappa shape index (κ3) is 5.67. The van der Waals surface area contributed by atoms with E-state index in [1.54, 1.807) is 36.7 Å². The van der Waals surface area contributed by atoms with Gasteiger partial charge in [0.15, 0.2) is 5.96 Å². The molecule has 0 saturated heterocycles. The Kier molecular flexibility index (Phi) is 6.50. The maximum atomic E-state index is 12.9. The molecule has 122 valence electrons. The molecule has 6 heteroatoms. The molecule has 1 aromatic heterocycles. The van der Waals surface area contributed by atoms with E-state index < -0.39 is 6.10 Å². The number of nitrogens with one attached hydrogen (secondary N) is 2. The first-order valence-corrected chi connectivity index (χ1v) is 7.53. The van der Waals surface area contributed by atoms with Gasteiger partial charge in [0.1, 0.15) is 5.82 Å². The van der Waals surface area contributed by atoms with Crippen molar-refractivity contribution >= 4 is 5.96 Å². The largest absolute Gasteiger partial charge is 0.387 e. The van der Waals surface area contributed by atoms with Gasteiger partial charge in [0.05, 0.1) is 12.6 Å². The Bertz CT molecular complexity index is 616. The number of guanidine groups is 1.